The van der Waals surface area contributed by atoms with Gasteiger partial charge in [0.2, 0.25) is 5.76 Å². The van der Waals surface area contributed by atoms with Gasteiger partial charge in [-0.2, -0.15) is 0 Å². The van der Waals surface area contributed by atoms with Crippen molar-refractivity contribution in [2.75, 3.05) is 13.2 Å². The molecular formula is C17H15NO5. The van der Waals surface area contributed by atoms with E-state index in [1.165, 1.54) is 17.2 Å². The van der Waals surface area contributed by atoms with Gasteiger partial charge in [0.25, 0.3) is 11.8 Å². The van der Waals surface area contributed by atoms with Crippen molar-refractivity contribution in [3.63, 3.8) is 0 Å². The van der Waals surface area contributed by atoms with Gasteiger partial charge in [-0.1, -0.05) is 12.1 Å². The van der Waals surface area contributed by atoms with Crippen LogP contribution in [0.25, 0.3) is 0 Å². The molecule has 0 atom stereocenters. The first-order chi connectivity index (χ1) is 11.2. The molecule has 2 amide bonds. The van der Waals surface area contributed by atoms with E-state index in [4.69, 9.17) is 9.15 Å². The zero-order chi connectivity index (χ0) is 16.2. The highest BCUT2D eigenvalue weighted by molar-refractivity contribution is 6.21. The molecule has 2 aromatic rings. The number of carbonyl (C=O) groups excluding carboxylic acids is 3. The molecule has 1 aliphatic rings. The molecule has 0 aliphatic carbocycles. The lowest BCUT2D eigenvalue weighted by molar-refractivity contribution is 0.0452. The largest absolute Gasteiger partial charge is 0.460 e. The van der Waals surface area contributed by atoms with Gasteiger partial charge in [0.15, 0.2) is 0 Å². The van der Waals surface area contributed by atoms with E-state index in [1.54, 1.807) is 30.3 Å². The number of imide groups is 1. The Labute approximate surface area is 132 Å². The van der Waals surface area contributed by atoms with Crippen LogP contribution in [0.5, 0.6) is 0 Å². The summed E-state index contributed by atoms with van der Waals surface area (Å²) in [6.07, 6.45) is 2.52. The minimum absolute atomic E-state index is 0.158. The van der Waals surface area contributed by atoms with Gasteiger partial charge >= 0.3 is 5.97 Å². The van der Waals surface area contributed by atoms with Crippen LogP contribution in [0.1, 0.15) is 44.1 Å². The van der Waals surface area contributed by atoms with Crippen LogP contribution in [-0.2, 0) is 4.74 Å². The number of unbranched alkanes of at least 4 members (excludes halogenated alkanes) is 1. The van der Waals surface area contributed by atoms with Crippen LogP contribution >= 0.6 is 0 Å². The van der Waals surface area contributed by atoms with Crippen LogP contribution in [0.3, 0.4) is 0 Å². The van der Waals surface area contributed by atoms with Crippen molar-refractivity contribution >= 4 is 17.8 Å². The van der Waals surface area contributed by atoms with E-state index >= 15 is 0 Å². The number of ether oxygens (including phenoxy) is 1. The molecule has 0 radical (unpaired) electrons. The number of esters is 1. The Bertz CT molecular complexity index is 700. The van der Waals surface area contributed by atoms with Gasteiger partial charge in [0, 0.05) is 6.54 Å². The van der Waals surface area contributed by atoms with Crippen LogP contribution in [-0.4, -0.2) is 35.8 Å². The summed E-state index contributed by atoms with van der Waals surface area (Å²) in [6.45, 7) is 0.521. The van der Waals surface area contributed by atoms with Crippen molar-refractivity contribution in [1.82, 2.24) is 4.90 Å². The summed E-state index contributed by atoms with van der Waals surface area (Å²) in [5.74, 6) is -0.891. The third-order valence-electron chi connectivity index (χ3n) is 3.61. The number of hydrogen-bond acceptors (Lipinski definition) is 5. The van der Waals surface area contributed by atoms with E-state index in [1.807, 2.05) is 0 Å². The molecule has 0 spiro atoms. The average Bonchev–Trinajstić information content (AvgIpc) is 3.18. The molecule has 0 fully saturated rings. The van der Waals surface area contributed by atoms with Crippen LogP contribution in [0.15, 0.2) is 47.1 Å². The molecule has 2 heterocycles. The summed E-state index contributed by atoms with van der Waals surface area (Å²) in [5.41, 5.74) is 0.892. The molecule has 1 aromatic heterocycles. The van der Waals surface area contributed by atoms with E-state index in [9.17, 15) is 14.4 Å². The molecule has 1 aromatic carbocycles. The van der Waals surface area contributed by atoms with Gasteiger partial charge in [-0.05, 0) is 37.1 Å². The number of furan rings is 1. The summed E-state index contributed by atoms with van der Waals surface area (Å²) in [7, 11) is 0. The van der Waals surface area contributed by atoms with Crippen molar-refractivity contribution in [3.05, 3.63) is 59.5 Å². The smallest absolute Gasteiger partial charge is 0.374 e. The Balaban J connectivity index is 1.44. The van der Waals surface area contributed by atoms with E-state index in [0.29, 0.717) is 30.5 Å². The third kappa shape index (κ3) is 3.01. The monoisotopic (exact) mass is 313 g/mol. The van der Waals surface area contributed by atoms with Crippen LogP contribution in [0.2, 0.25) is 0 Å². The fourth-order valence-electron chi connectivity index (χ4n) is 2.44. The molecule has 6 heteroatoms. The third-order valence-corrected chi connectivity index (χ3v) is 3.61. The lowest BCUT2D eigenvalue weighted by Crippen LogP contribution is -2.30. The first-order valence-corrected chi connectivity index (χ1v) is 7.34. The Hall–Kier alpha value is -2.89. The zero-order valence-corrected chi connectivity index (χ0v) is 12.4. The number of amides is 2. The SMILES string of the molecule is O=C(OCCCCN1C(=O)c2ccccc2C1=O)c1ccco1. The van der Waals surface area contributed by atoms with Crippen molar-refractivity contribution < 1.29 is 23.5 Å². The van der Waals surface area contributed by atoms with E-state index < -0.39 is 5.97 Å². The number of hydrogen-bond donors (Lipinski definition) is 0. The number of benzene rings is 1. The van der Waals surface area contributed by atoms with Gasteiger partial charge in [-0.3, -0.25) is 14.5 Å². The van der Waals surface area contributed by atoms with Crippen LogP contribution in [0.4, 0.5) is 0 Å². The second kappa shape index (κ2) is 6.48. The number of rotatable bonds is 6. The Morgan fingerprint density at radius 3 is 2.30 bits per heavy atom. The topological polar surface area (TPSA) is 76.8 Å². The minimum atomic E-state index is -0.518. The standard InChI is InChI=1S/C17H15NO5/c19-15-12-6-1-2-7-13(12)16(20)18(15)9-3-4-10-23-17(21)14-8-5-11-22-14/h1-2,5-8,11H,3-4,9-10H2. The van der Waals surface area contributed by atoms with Gasteiger partial charge in [-0.25, -0.2) is 4.79 Å². The maximum absolute atomic E-state index is 12.1. The molecule has 118 valence electrons. The summed E-state index contributed by atoms with van der Waals surface area (Å²) in [6, 6.07) is 9.92. The van der Waals surface area contributed by atoms with Gasteiger partial charge in [0.1, 0.15) is 0 Å². The maximum atomic E-state index is 12.1. The Kier molecular flexibility index (Phi) is 4.23. The fourth-order valence-corrected chi connectivity index (χ4v) is 2.44. The molecule has 6 nitrogen and oxygen atoms in total. The second-order valence-electron chi connectivity index (χ2n) is 5.13. The molecule has 1 aliphatic heterocycles. The first-order valence-electron chi connectivity index (χ1n) is 7.34. The predicted molar refractivity (Wildman–Crippen MR) is 80.0 cm³/mol. The molecule has 0 unspecified atom stereocenters. The molecule has 0 saturated heterocycles. The van der Waals surface area contributed by atoms with E-state index in [2.05, 4.69) is 0 Å². The normalized spacial score (nSPS) is 13.3. The van der Waals surface area contributed by atoms with Crippen LogP contribution < -0.4 is 0 Å². The molecule has 0 saturated carbocycles. The number of nitrogens with zero attached hydrogens (tertiary/aromatic N) is 1. The van der Waals surface area contributed by atoms with Crippen molar-refractivity contribution in [3.8, 4) is 0 Å². The van der Waals surface area contributed by atoms with Crippen molar-refractivity contribution in [2.24, 2.45) is 0 Å². The lowest BCUT2D eigenvalue weighted by atomic mass is 10.1. The van der Waals surface area contributed by atoms with Gasteiger partial charge < -0.3 is 9.15 Å². The lowest BCUT2D eigenvalue weighted by Gasteiger charge is -2.13. The molecule has 3 rings (SSSR count). The highest BCUT2D eigenvalue weighted by Gasteiger charge is 2.34. The van der Waals surface area contributed by atoms with E-state index in [0.717, 1.165) is 0 Å². The minimum Gasteiger partial charge on any atom is -0.460 e. The predicted octanol–water partition coefficient (Wildman–Crippen LogP) is 2.51. The van der Waals surface area contributed by atoms with E-state index in [-0.39, 0.29) is 24.2 Å². The quantitative estimate of drug-likeness (QED) is 0.465. The first kappa shape index (κ1) is 15.0. The number of carbonyl (C=O) groups is 3. The fraction of sp³-hybridized carbons (Fsp3) is 0.235. The highest BCUT2D eigenvalue weighted by Crippen LogP contribution is 2.22. The summed E-state index contributed by atoms with van der Waals surface area (Å²) >= 11 is 0. The highest BCUT2D eigenvalue weighted by atomic mass is 16.5. The molecule has 0 bridgehead atoms. The van der Waals surface area contributed by atoms with Crippen molar-refractivity contribution in [1.29, 1.82) is 0 Å². The summed E-state index contributed by atoms with van der Waals surface area (Å²) in [5, 5.41) is 0. The molecule has 23 heavy (non-hydrogen) atoms. The average molecular weight is 313 g/mol. The Morgan fingerprint density at radius 2 is 1.70 bits per heavy atom. The molecule has 0 N–H and O–H groups in total. The van der Waals surface area contributed by atoms with Gasteiger partial charge in [0.05, 0.1) is 24.0 Å². The number of fused-ring (bicyclic) bond motifs is 1. The zero-order valence-electron chi connectivity index (χ0n) is 12.4. The maximum Gasteiger partial charge on any atom is 0.374 e. The van der Waals surface area contributed by atoms with Crippen molar-refractivity contribution in [2.45, 2.75) is 12.8 Å². The summed E-state index contributed by atoms with van der Waals surface area (Å²) < 4.78 is 9.97. The molecular weight excluding hydrogens is 298 g/mol. The summed E-state index contributed by atoms with van der Waals surface area (Å²) in [4.78, 5) is 37.1. The Morgan fingerprint density at radius 1 is 1.00 bits per heavy atom. The second-order valence-corrected chi connectivity index (χ2v) is 5.13. The van der Waals surface area contributed by atoms with Gasteiger partial charge in [-0.15, -0.1) is 0 Å². The van der Waals surface area contributed by atoms with Crippen LogP contribution in [0, 0.1) is 0 Å².